The number of nitrogens with zero attached hydrogens (tertiary/aromatic N) is 2. The van der Waals surface area contributed by atoms with E-state index < -0.39 is 5.91 Å². The van der Waals surface area contributed by atoms with Gasteiger partial charge in [0.1, 0.15) is 5.56 Å². The maximum absolute atomic E-state index is 10.8. The van der Waals surface area contributed by atoms with Gasteiger partial charge in [-0.1, -0.05) is 13.8 Å². The third kappa shape index (κ3) is 2.21. The van der Waals surface area contributed by atoms with Gasteiger partial charge in [0, 0.05) is 12.7 Å². The Morgan fingerprint density at radius 3 is 2.69 bits per heavy atom. The number of primary amides is 1. The zero-order valence-corrected chi connectivity index (χ0v) is 7.82. The van der Waals surface area contributed by atoms with Crippen molar-refractivity contribution < 1.29 is 4.79 Å². The van der Waals surface area contributed by atoms with E-state index in [0.717, 1.165) is 6.54 Å². The molecule has 0 spiro atoms. The van der Waals surface area contributed by atoms with Gasteiger partial charge in [0.2, 0.25) is 0 Å². The molecule has 0 aromatic carbocycles. The van der Waals surface area contributed by atoms with Crippen LogP contribution in [0.2, 0.25) is 0 Å². The second kappa shape index (κ2) is 3.47. The smallest absolute Gasteiger partial charge is 0.254 e. The van der Waals surface area contributed by atoms with Crippen molar-refractivity contribution in [3.8, 4) is 0 Å². The molecule has 1 amide bonds. The fourth-order valence-electron chi connectivity index (χ4n) is 1.09. The monoisotopic (exact) mass is 182 g/mol. The normalized spacial score (nSPS) is 10.7. The molecule has 0 radical (unpaired) electrons. The van der Waals surface area contributed by atoms with Crippen molar-refractivity contribution >= 4 is 11.7 Å². The van der Waals surface area contributed by atoms with E-state index in [9.17, 15) is 4.79 Å². The molecule has 5 heteroatoms. The molecule has 0 aliphatic heterocycles. The molecule has 1 aromatic heterocycles. The van der Waals surface area contributed by atoms with E-state index in [1.807, 2.05) is 0 Å². The first-order chi connectivity index (χ1) is 6.00. The highest BCUT2D eigenvalue weighted by Gasteiger charge is 2.10. The maximum atomic E-state index is 10.8. The first kappa shape index (κ1) is 9.57. The van der Waals surface area contributed by atoms with Gasteiger partial charge in [-0.3, -0.25) is 9.48 Å². The van der Waals surface area contributed by atoms with Crippen molar-refractivity contribution in [3.63, 3.8) is 0 Å². The van der Waals surface area contributed by atoms with Gasteiger partial charge in [-0.25, -0.2) is 0 Å². The molecule has 13 heavy (non-hydrogen) atoms. The standard InChI is InChI=1S/C8H14N4O/c1-5(2)3-12-4-6(8(10)13)7(9)11-12/h4-5H,3H2,1-2H3,(H2,9,11)(H2,10,13). The second-order valence-electron chi connectivity index (χ2n) is 3.41. The topological polar surface area (TPSA) is 86.9 Å². The summed E-state index contributed by atoms with van der Waals surface area (Å²) in [6, 6.07) is 0. The van der Waals surface area contributed by atoms with Crippen molar-refractivity contribution in [1.82, 2.24) is 9.78 Å². The minimum Gasteiger partial charge on any atom is -0.382 e. The highest BCUT2D eigenvalue weighted by atomic mass is 16.1. The van der Waals surface area contributed by atoms with Crippen LogP contribution in [0.15, 0.2) is 6.20 Å². The molecule has 1 heterocycles. The lowest BCUT2D eigenvalue weighted by Gasteiger charge is -2.02. The number of aromatic nitrogens is 2. The van der Waals surface area contributed by atoms with Crippen LogP contribution in [0.5, 0.6) is 0 Å². The van der Waals surface area contributed by atoms with Crippen LogP contribution in [0.25, 0.3) is 0 Å². The van der Waals surface area contributed by atoms with E-state index in [4.69, 9.17) is 11.5 Å². The molecule has 0 saturated carbocycles. The Labute approximate surface area is 76.7 Å². The molecule has 0 saturated heterocycles. The number of hydrogen-bond donors (Lipinski definition) is 2. The van der Waals surface area contributed by atoms with Crippen LogP contribution in [0.4, 0.5) is 5.82 Å². The second-order valence-corrected chi connectivity index (χ2v) is 3.41. The van der Waals surface area contributed by atoms with Crippen LogP contribution in [0.3, 0.4) is 0 Å². The summed E-state index contributed by atoms with van der Waals surface area (Å²) in [5.74, 6) is 0.126. The Hall–Kier alpha value is -1.52. The summed E-state index contributed by atoms with van der Waals surface area (Å²) in [4.78, 5) is 10.8. The number of carbonyl (C=O) groups excluding carboxylic acids is 1. The molecular formula is C8H14N4O. The van der Waals surface area contributed by atoms with Crippen molar-refractivity contribution in [1.29, 1.82) is 0 Å². The third-order valence-electron chi connectivity index (χ3n) is 1.61. The Balaban J connectivity index is 2.89. The molecule has 5 nitrogen and oxygen atoms in total. The zero-order chi connectivity index (χ0) is 10.0. The maximum Gasteiger partial charge on any atom is 0.254 e. The number of anilines is 1. The highest BCUT2D eigenvalue weighted by Crippen LogP contribution is 2.09. The van der Waals surface area contributed by atoms with Gasteiger partial charge in [-0.05, 0) is 5.92 Å². The molecule has 0 aliphatic rings. The summed E-state index contributed by atoms with van der Waals surface area (Å²) < 4.78 is 1.64. The summed E-state index contributed by atoms with van der Waals surface area (Å²) in [5.41, 5.74) is 10.9. The average Bonchev–Trinajstić information content (AvgIpc) is 2.29. The lowest BCUT2D eigenvalue weighted by atomic mass is 10.2. The average molecular weight is 182 g/mol. The van der Waals surface area contributed by atoms with E-state index in [1.165, 1.54) is 0 Å². The third-order valence-corrected chi connectivity index (χ3v) is 1.61. The van der Waals surface area contributed by atoms with E-state index in [1.54, 1.807) is 10.9 Å². The first-order valence-electron chi connectivity index (χ1n) is 4.13. The molecule has 0 unspecified atom stereocenters. The molecule has 4 N–H and O–H groups in total. The molecule has 72 valence electrons. The van der Waals surface area contributed by atoms with Crippen LogP contribution >= 0.6 is 0 Å². The summed E-state index contributed by atoms with van der Waals surface area (Å²) in [7, 11) is 0. The van der Waals surface area contributed by atoms with Crippen molar-refractivity contribution in [2.24, 2.45) is 11.7 Å². The quantitative estimate of drug-likeness (QED) is 0.701. The van der Waals surface area contributed by atoms with Crippen LogP contribution in [-0.2, 0) is 6.54 Å². The van der Waals surface area contributed by atoms with Crippen LogP contribution in [0.1, 0.15) is 24.2 Å². The summed E-state index contributed by atoms with van der Waals surface area (Å²) in [6.45, 7) is 4.85. The number of amides is 1. The van der Waals surface area contributed by atoms with E-state index >= 15 is 0 Å². The van der Waals surface area contributed by atoms with E-state index in [0.29, 0.717) is 11.5 Å². The Bertz CT molecular complexity index is 316. The van der Waals surface area contributed by atoms with E-state index in [-0.39, 0.29) is 5.82 Å². The van der Waals surface area contributed by atoms with Gasteiger partial charge in [-0.2, -0.15) is 5.10 Å². The number of rotatable bonds is 3. The van der Waals surface area contributed by atoms with Crippen LogP contribution < -0.4 is 11.5 Å². The lowest BCUT2D eigenvalue weighted by Crippen LogP contribution is -2.11. The molecule has 0 bridgehead atoms. The summed E-state index contributed by atoms with van der Waals surface area (Å²) in [5, 5.41) is 3.97. The molecule has 0 fully saturated rings. The van der Waals surface area contributed by atoms with Gasteiger partial charge in [0.25, 0.3) is 5.91 Å². The lowest BCUT2D eigenvalue weighted by molar-refractivity contribution is 0.100. The number of nitrogen functional groups attached to an aromatic ring is 1. The number of nitrogens with two attached hydrogens (primary N) is 2. The van der Waals surface area contributed by atoms with Crippen LogP contribution in [-0.4, -0.2) is 15.7 Å². The molecule has 1 rings (SSSR count). The number of hydrogen-bond acceptors (Lipinski definition) is 3. The van der Waals surface area contributed by atoms with Crippen molar-refractivity contribution in [3.05, 3.63) is 11.8 Å². The molecule has 0 atom stereocenters. The van der Waals surface area contributed by atoms with E-state index in [2.05, 4.69) is 18.9 Å². The Morgan fingerprint density at radius 1 is 1.69 bits per heavy atom. The fourth-order valence-corrected chi connectivity index (χ4v) is 1.09. The van der Waals surface area contributed by atoms with Gasteiger partial charge >= 0.3 is 0 Å². The highest BCUT2D eigenvalue weighted by molar-refractivity contribution is 5.96. The summed E-state index contributed by atoms with van der Waals surface area (Å²) >= 11 is 0. The SMILES string of the molecule is CC(C)Cn1cc(C(N)=O)c(N)n1. The van der Waals surface area contributed by atoms with Gasteiger partial charge in [-0.15, -0.1) is 0 Å². The molecule has 0 aliphatic carbocycles. The fraction of sp³-hybridized carbons (Fsp3) is 0.500. The largest absolute Gasteiger partial charge is 0.382 e. The minimum atomic E-state index is -0.535. The number of carbonyl (C=O) groups is 1. The van der Waals surface area contributed by atoms with Gasteiger partial charge in [0.15, 0.2) is 5.82 Å². The predicted octanol–water partition coefficient (Wildman–Crippen LogP) is 0.220. The zero-order valence-electron chi connectivity index (χ0n) is 7.82. The molecular weight excluding hydrogens is 168 g/mol. The van der Waals surface area contributed by atoms with Gasteiger partial charge < -0.3 is 11.5 Å². The van der Waals surface area contributed by atoms with Crippen LogP contribution in [0, 0.1) is 5.92 Å². The Morgan fingerprint density at radius 2 is 2.31 bits per heavy atom. The van der Waals surface area contributed by atoms with Crippen molar-refractivity contribution in [2.45, 2.75) is 20.4 Å². The Kier molecular flexibility index (Phi) is 2.55. The predicted molar refractivity (Wildman–Crippen MR) is 50.0 cm³/mol. The molecule has 1 aromatic rings. The van der Waals surface area contributed by atoms with Gasteiger partial charge in [0.05, 0.1) is 0 Å². The van der Waals surface area contributed by atoms with Crippen molar-refractivity contribution in [2.75, 3.05) is 5.73 Å². The first-order valence-corrected chi connectivity index (χ1v) is 4.13. The summed E-state index contributed by atoms with van der Waals surface area (Å²) in [6.07, 6.45) is 1.58. The minimum absolute atomic E-state index is 0.202.